The van der Waals surface area contributed by atoms with E-state index >= 15 is 0 Å². The van der Waals surface area contributed by atoms with Gasteiger partial charge in [-0.25, -0.2) is 0 Å². The Labute approximate surface area is 222 Å². The summed E-state index contributed by atoms with van der Waals surface area (Å²) in [6.07, 6.45) is -9.87. The average Bonchev–Trinajstić information content (AvgIpc) is 2.76. The number of hydroxylamine groups is 1. The molecule has 2 aromatic rings. The number of nitro groups is 1. The highest BCUT2D eigenvalue weighted by molar-refractivity contribution is 5.97. The first-order chi connectivity index (χ1) is 18.1. The van der Waals surface area contributed by atoms with Crippen molar-refractivity contribution >= 4 is 34.8 Å². The second-order valence-corrected chi connectivity index (χ2v) is 7.39. The summed E-state index contributed by atoms with van der Waals surface area (Å²) >= 11 is 0. The van der Waals surface area contributed by atoms with Crippen LogP contribution in [0.1, 0.15) is 48.4 Å². The maximum Gasteiger partial charge on any atom is 0.573 e. The highest BCUT2D eigenvalue weighted by Gasteiger charge is 2.35. The highest BCUT2D eigenvalue weighted by atomic mass is 19.4. The van der Waals surface area contributed by atoms with Crippen LogP contribution in [0.2, 0.25) is 0 Å². The number of anilines is 2. The Kier molecular flexibility index (Phi) is 13.4. The first kappa shape index (κ1) is 35.5. The Morgan fingerprint density at radius 3 is 1.62 bits per heavy atom. The van der Waals surface area contributed by atoms with Crippen molar-refractivity contribution in [1.29, 1.82) is 0 Å². The molecule has 0 unspecified atom stereocenters. The second kappa shape index (κ2) is 15.2. The minimum absolute atomic E-state index is 0.0587. The van der Waals surface area contributed by atoms with Crippen molar-refractivity contribution in [3.63, 3.8) is 0 Å². The molecule has 0 aromatic heterocycles. The molecule has 40 heavy (non-hydrogen) atoms. The molecule has 0 aliphatic rings. The lowest BCUT2D eigenvalue weighted by Gasteiger charge is -2.21. The fraction of sp³-hybridized carbons (Fsp3) is 0.304. The number of Topliss-reactive ketones (excluding diaryl/α,β-unsaturated/α-hetero) is 2. The van der Waals surface area contributed by atoms with Crippen LogP contribution < -0.4 is 15.1 Å². The number of amides is 2. The van der Waals surface area contributed by atoms with E-state index in [1.54, 1.807) is 0 Å². The molecule has 11 nitrogen and oxygen atoms in total. The smallest absolute Gasteiger partial charge is 0.404 e. The third-order valence-electron chi connectivity index (χ3n) is 3.91. The van der Waals surface area contributed by atoms with Gasteiger partial charge >= 0.3 is 12.7 Å². The predicted octanol–water partition coefficient (Wildman–Crippen LogP) is 5.33. The lowest BCUT2D eigenvalue weighted by molar-refractivity contribution is -0.445. The van der Waals surface area contributed by atoms with Crippen LogP contribution in [0.15, 0.2) is 42.5 Å². The molecule has 1 N–H and O–H groups in total. The van der Waals surface area contributed by atoms with Gasteiger partial charge in [0.2, 0.25) is 11.8 Å². The zero-order chi connectivity index (χ0) is 31.4. The SMILES string of the molecule is CC(=O)Nc1ccc(C(C)=O)cc1OC(F)(F)F.CC(=O)c1ccc(N(OC(F)(F)F)C(C)=O)cc1.C[N+](=O)[O-]. The van der Waals surface area contributed by atoms with E-state index in [4.69, 9.17) is 10.1 Å². The Bertz CT molecular complexity index is 1210. The molecule has 0 heterocycles. The van der Waals surface area contributed by atoms with E-state index in [1.165, 1.54) is 50.2 Å². The molecule has 2 rings (SSSR count). The third-order valence-corrected chi connectivity index (χ3v) is 3.91. The van der Waals surface area contributed by atoms with Gasteiger partial charge in [-0.05, 0) is 56.3 Å². The molecule has 0 radical (unpaired) electrons. The summed E-state index contributed by atoms with van der Waals surface area (Å²) in [6, 6.07) is 8.44. The molecule has 0 aliphatic carbocycles. The number of halogens is 6. The van der Waals surface area contributed by atoms with Crippen molar-refractivity contribution in [2.45, 2.75) is 40.4 Å². The van der Waals surface area contributed by atoms with Crippen LogP contribution in [0.4, 0.5) is 37.7 Å². The molecule has 2 amide bonds. The van der Waals surface area contributed by atoms with Gasteiger partial charge in [0.25, 0.3) is 0 Å². The third kappa shape index (κ3) is 15.0. The van der Waals surface area contributed by atoms with Gasteiger partial charge in [0.05, 0.1) is 11.4 Å². The van der Waals surface area contributed by atoms with E-state index in [9.17, 15) is 45.5 Å². The number of nitrogens with zero attached hydrogens (tertiary/aromatic N) is 2. The van der Waals surface area contributed by atoms with Crippen LogP contribution in [-0.2, 0) is 14.4 Å². The quantitative estimate of drug-likeness (QED) is 0.208. The van der Waals surface area contributed by atoms with Crippen LogP contribution in [0.25, 0.3) is 0 Å². The predicted molar refractivity (Wildman–Crippen MR) is 127 cm³/mol. The summed E-state index contributed by atoms with van der Waals surface area (Å²) in [5.41, 5.74) is 0.132. The van der Waals surface area contributed by atoms with Gasteiger partial charge in [-0.15, -0.1) is 26.3 Å². The fourth-order valence-electron chi connectivity index (χ4n) is 2.48. The van der Waals surface area contributed by atoms with Gasteiger partial charge < -0.3 is 10.1 Å². The van der Waals surface area contributed by atoms with E-state index < -0.39 is 41.0 Å². The molecule has 220 valence electrons. The van der Waals surface area contributed by atoms with E-state index in [0.717, 1.165) is 27.0 Å². The number of ketones is 2. The standard InChI is InChI=1S/2C11H10F3NO3.CH3NO2/c1-7(16)9-3-5-10(6-4-9)15(8(2)17)18-11(12,13)14;1-6(16)8-3-4-9(15-7(2)17)10(5-8)18-11(12,13)14;1-2(3)4/h3-6H,1-2H3;3-5H,1-2H3,(H,15,17);1H3. The lowest BCUT2D eigenvalue weighted by Crippen LogP contribution is -2.35. The monoisotopic (exact) mass is 583 g/mol. The summed E-state index contributed by atoms with van der Waals surface area (Å²) in [4.78, 5) is 55.9. The van der Waals surface area contributed by atoms with E-state index in [1.807, 2.05) is 0 Å². The molecule has 2 aromatic carbocycles. The van der Waals surface area contributed by atoms with E-state index in [0.29, 0.717) is 5.56 Å². The van der Waals surface area contributed by atoms with E-state index in [-0.39, 0.29) is 27.8 Å². The van der Waals surface area contributed by atoms with Gasteiger partial charge in [0, 0.05) is 29.9 Å². The zero-order valence-electron chi connectivity index (χ0n) is 21.5. The normalized spacial score (nSPS) is 10.6. The van der Waals surface area contributed by atoms with E-state index in [2.05, 4.69) is 14.9 Å². The largest absolute Gasteiger partial charge is 0.573 e. The summed E-state index contributed by atoms with van der Waals surface area (Å²) in [5.74, 6) is -2.73. The van der Waals surface area contributed by atoms with Crippen molar-refractivity contribution in [3.05, 3.63) is 63.7 Å². The highest BCUT2D eigenvalue weighted by Crippen LogP contribution is 2.31. The van der Waals surface area contributed by atoms with Crippen LogP contribution >= 0.6 is 0 Å². The summed E-state index contributed by atoms with van der Waals surface area (Å²) < 4.78 is 76.5. The molecule has 0 saturated heterocycles. The van der Waals surface area contributed by atoms with Gasteiger partial charge in [-0.2, -0.15) is 9.90 Å². The molecule has 17 heteroatoms. The Hall–Kier alpha value is -4.54. The van der Waals surface area contributed by atoms with Crippen LogP contribution in [0, 0.1) is 10.1 Å². The number of hydrogen-bond donors (Lipinski definition) is 1. The van der Waals surface area contributed by atoms with Crippen molar-refractivity contribution < 1.29 is 60.0 Å². The number of rotatable bonds is 6. The topological polar surface area (TPSA) is 145 Å². The Balaban J connectivity index is 0.000000671. The van der Waals surface area contributed by atoms with Crippen molar-refractivity contribution in [2.75, 3.05) is 17.4 Å². The van der Waals surface area contributed by atoms with Crippen LogP contribution in [0.3, 0.4) is 0 Å². The molecule has 0 fully saturated rings. The van der Waals surface area contributed by atoms with Crippen molar-refractivity contribution in [3.8, 4) is 5.75 Å². The second-order valence-electron chi connectivity index (χ2n) is 7.39. The molecular weight excluding hydrogens is 560 g/mol. The maximum absolute atomic E-state index is 12.2. The van der Waals surface area contributed by atoms with Gasteiger partial charge in [-0.1, -0.05) is 0 Å². The summed E-state index contributed by atoms with van der Waals surface area (Å²) in [5, 5.41) is 11.1. The molecule has 0 spiro atoms. The number of nitrogens with one attached hydrogen (secondary N) is 1. The molecular formula is C23H23F6N3O8. The average molecular weight is 583 g/mol. The Morgan fingerprint density at radius 2 is 1.27 bits per heavy atom. The number of ether oxygens (including phenoxy) is 1. The molecule has 0 saturated carbocycles. The van der Waals surface area contributed by atoms with Gasteiger partial charge in [-0.3, -0.25) is 29.3 Å². The maximum atomic E-state index is 12.2. The number of hydrogen-bond acceptors (Lipinski definition) is 8. The summed E-state index contributed by atoms with van der Waals surface area (Å²) in [6.45, 7) is 4.62. The number of alkyl halides is 6. The van der Waals surface area contributed by atoms with Crippen molar-refractivity contribution in [1.82, 2.24) is 0 Å². The first-order valence-electron chi connectivity index (χ1n) is 10.6. The molecule has 0 atom stereocenters. The van der Waals surface area contributed by atoms with Gasteiger partial charge in [0.1, 0.15) is 0 Å². The minimum Gasteiger partial charge on any atom is -0.404 e. The number of carbonyl (C=O) groups is 4. The number of benzene rings is 2. The molecule has 0 bridgehead atoms. The number of carbonyl (C=O) groups excluding carboxylic acids is 4. The van der Waals surface area contributed by atoms with Gasteiger partial charge in [0.15, 0.2) is 24.4 Å². The zero-order valence-corrected chi connectivity index (χ0v) is 21.5. The van der Waals surface area contributed by atoms with Crippen LogP contribution in [-0.4, -0.2) is 48.1 Å². The van der Waals surface area contributed by atoms with Crippen molar-refractivity contribution in [2.24, 2.45) is 0 Å². The fourth-order valence-corrected chi connectivity index (χ4v) is 2.48. The minimum atomic E-state index is -4.97. The molecule has 0 aliphatic heterocycles. The first-order valence-corrected chi connectivity index (χ1v) is 10.6. The Morgan fingerprint density at radius 1 is 0.825 bits per heavy atom. The summed E-state index contributed by atoms with van der Waals surface area (Å²) in [7, 11) is 0.889. The lowest BCUT2D eigenvalue weighted by atomic mass is 10.1. The van der Waals surface area contributed by atoms with Crippen LogP contribution in [0.5, 0.6) is 5.75 Å².